The van der Waals surface area contributed by atoms with Crippen molar-refractivity contribution >= 4 is 9.84 Å². The lowest BCUT2D eigenvalue weighted by molar-refractivity contribution is -0.0436. The molecule has 0 spiro atoms. The van der Waals surface area contributed by atoms with Crippen molar-refractivity contribution < 1.29 is 35.5 Å². The van der Waals surface area contributed by atoms with Crippen LogP contribution in [0.3, 0.4) is 0 Å². The minimum Gasteiger partial charge on any atom is -0.494 e. The second-order valence-electron chi connectivity index (χ2n) is 7.61. The van der Waals surface area contributed by atoms with Crippen LogP contribution in [0, 0.1) is 5.82 Å². The number of nitrogens with zero attached hydrogens (tertiary/aromatic N) is 2. The van der Waals surface area contributed by atoms with E-state index in [4.69, 9.17) is 9.47 Å². The lowest BCUT2D eigenvalue weighted by atomic mass is 10.3. The van der Waals surface area contributed by atoms with Crippen molar-refractivity contribution in [3.05, 3.63) is 54.3 Å². The van der Waals surface area contributed by atoms with Gasteiger partial charge in [-0.2, -0.15) is 13.2 Å². The first-order chi connectivity index (χ1) is 15.6. The Hall–Kier alpha value is -2.37. The summed E-state index contributed by atoms with van der Waals surface area (Å²) in [5.74, 6) is 0.673. The van der Waals surface area contributed by atoms with Crippen molar-refractivity contribution in [2.24, 2.45) is 0 Å². The molecule has 0 radical (unpaired) electrons. The Balaban J connectivity index is 1.29. The first-order valence-electron chi connectivity index (χ1n) is 10.5. The predicted molar refractivity (Wildman–Crippen MR) is 115 cm³/mol. The summed E-state index contributed by atoms with van der Waals surface area (Å²) < 4.78 is 84.5. The van der Waals surface area contributed by atoms with Crippen LogP contribution in [-0.2, 0) is 9.84 Å². The molecule has 0 aliphatic carbocycles. The van der Waals surface area contributed by atoms with Crippen LogP contribution < -0.4 is 9.47 Å². The van der Waals surface area contributed by atoms with Gasteiger partial charge in [-0.1, -0.05) is 0 Å². The third-order valence-corrected chi connectivity index (χ3v) is 6.78. The monoisotopic (exact) mass is 490 g/mol. The Morgan fingerprint density at radius 1 is 0.758 bits per heavy atom. The fourth-order valence-electron chi connectivity index (χ4n) is 3.39. The van der Waals surface area contributed by atoms with Gasteiger partial charge in [0.15, 0.2) is 0 Å². The van der Waals surface area contributed by atoms with Crippen LogP contribution in [0.4, 0.5) is 17.6 Å². The molecule has 1 saturated heterocycles. The number of piperazine rings is 1. The van der Waals surface area contributed by atoms with Gasteiger partial charge in [0.1, 0.15) is 23.9 Å². The summed E-state index contributed by atoms with van der Waals surface area (Å²) >= 11 is 0. The minimum absolute atomic E-state index is 0.293. The molecule has 1 aliphatic heterocycles. The molecule has 0 N–H and O–H groups in total. The molecule has 182 valence electrons. The number of hydrogen-bond donors (Lipinski definition) is 0. The molecular formula is C22H26F4N2O4S. The SMILES string of the molecule is O=S(=O)(c1ccc(OCCCN2CCN(CCOc3ccc(F)cc3)CC2)cc1)C(F)(F)F. The standard InChI is InChI=1S/C22H26F4N2O4S/c23-18-2-4-19(5-3-18)32-17-15-28-13-11-27(12-14-28)10-1-16-31-20-6-8-21(9-7-20)33(29,30)22(24,25)26/h2-9H,1,10-17H2. The molecule has 1 heterocycles. The number of ether oxygens (including phenoxy) is 2. The Morgan fingerprint density at radius 2 is 1.24 bits per heavy atom. The van der Waals surface area contributed by atoms with Crippen molar-refractivity contribution in [1.82, 2.24) is 9.80 Å². The number of hydrogen-bond acceptors (Lipinski definition) is 6. The van der Waals surface area contributed by atoms with E-state index in [1.165, 1.54) is 24.3 Å². The van der Waals surface area contributed by atoms with Crippen LogP contribution in [0.5, 0.6) is 11.5 Å². The maximum absolute atomic E-state index is 12.9. The molecular weight excluding hydrogens is 464 g/mol. The Morgan fingerprint density at radius 3 is 1.79 bits per heavy atom. The third kappa shape index (κ3) is 7.31. The lowest BCUT2D eigenvalue weighted by Gasteiger charge is -2.34. The molecule has 3 rings (SSSR count). The van der Waals surface area contributed by atoms with Gasteiger partial charge in [-0.15, -0.1) is 0 Å². The van der Waals surface area contributed by atoms with E-state index in [1.807, 2.05) is 0 Å². The molecule has 0 unspecified atom stereocenters. The molecule has 2 aromatic carbocycles. The normalized spacial score (nSPS) is 16.0. The van der Waals surface area contributed by atoms with Crippen LogP contribution in [-0.4, -0.2) is 76.2 Å². The van der Waals surface area contributed by atoms with E-state index in [9.17, 15) is 26.0 Å². The maximum atomic E-state index is 12.9. The van der Waals surface area contributed by atoms with Gasteiger partial charge in [0.2, 0.25) is 0 Å². The summed E-state index contributed by atoms with van der Waals surface area (Å²) in [5.41, 5.74) is -5.32. The number of halogens is 4. The molecule has 6 nitrogen and oxygen atoms in total. The van der Waals surface area contributed by atoms with Gasteiger partial charge in [-0.05, 0) is 55.0 Å². The maximum Gasteiger partial charge on any atom is 0.501 e. The average Bonchev–Trinajstić information content (AvgIpc) is 2.78. The van der Waals surface area contributed by atoms with Crippen LogP contribution >= 0.6 is 0 Å². The zero-order valence-electron chi connectivity index (χ0n) is 17.9. The molecule has 0 bridgehead atoms. The molecule has 1 aliphatic rings. The summed E-state index contributed by atoms with van der Waals surface area (Å²) in [6.07, 6.45) is 0.732. The molecule has 2 aromatic rings. The van der Waals surface area contributed by atoms with E-state index in [0.717, 1.165) is 57.8 Å². The molecule has 11 heteroatoms. The summed E-state index contributed by atoms with van der Waals surface area (Å²) in [4.78, 5) is 3.80. The summed E-state index contributed by atoms with van der Waals surface area (Å²) in [6.45, 7) is 6.13. The topological polar surface area (TPSA) is 59.1 Å². The minimum atomic E-state index is -5.35. The third-order valence-electron chi connectivity index (χ3n) is 5.28. The Labute approximate surface area is 190 Å². The quantitative estimate of drug-likeness (QED) is 0.375. The first kappa shape index (κ1) is 25.3. The van der Waals surface area contributed by atoms with Crippen LogP contribution in [0.15, 0.2) is 53.4 Å². The van der Waals surface area contributed by atoms with Gasteiger partial charge < -0.3 is 14.4 Å². The highest BCUT2D eigenvalue weighted by molar-refractivity contribution is 7.92. The van der Waals surface area contributed by atoms with Crippen LogP contribution in [0.1, 0.15) is 6.42 Å². The van der Waals surface area contributed by atoms with Gasteiger partial charge in [-0.25, -0.2) is 12.8 Å². The second-order valence-corrected chi connectivity index (χ2v) is 9.55. The number of sulfone groups is 1. The van der Waals surface area contributed by atoms with E-state index in [1.54, 1.807) is 12.1 Å². The Bertz CT molecular complexity index is 975. The van der Waals surface area contributed by atoms with Gasteiger partial charge >= 0.3 is 5.51 Å². The molecule has 1 fully saturated rings. The number of alkyl halides is 3. The van der Waals surface area contributed by atoms with E-state index in [0.29, 0.717) is 24.7 Å². The highest BCUT2D eigenvalue weighted by Gasteiger charge is 2.46. The number of rotatable bonds is 10. The smallest absolute Gasteiger partial charge is 0.494 e. The van der Waals surface area contributed by atoms with Crippen molar-refractivity contribution in [1.29, 1.82) is 0 Å². The average molecular weight is 491 g/mol. The van der Waals surface area contributed by atoms with Gasteiger partial charge in [-0.3, -0.25) is 4.90 Å². The van der Waals surface area contributed by atoms with Crippen molar-refractivity contribution in [2.45, 2.75) is 16.8 Å². The largest absolute Gasteiger partial charge is 0.501 e. The van der Waals surface area contributed by atoms with E-state index in [-0.39, 0.29) is 5.82 Å². The predicted octanol–water partition coefficient (Wildman–Crippen LogP) is 3.58. The Kier molecular flexibility index (Phi) is 8.55. The van der Waals surface area contributed by atoms with E-state index < -0.39 is 20.2 Å². The van der Waals surface area contributed by atoms with Gasteiger partial charge in [0.05, 0.1) is 11.5 Å². The first-order valence-corrected chi connectivity index (χ1v) is 12.0. The van der Waals surface area contributed by atoms with E-state index >= 15 is 0 Å². The lowest BCUT2D eigenvalue weighted by Crippen LogP contribution is -2.47. The molecule has 0 atom stereocenters. The zero-order valence-corrected chi connectivity index (χ0v) is 18.7. The van der Waals surface area contributed by atoms with Crippen molar-refractivity contribution in [3.8, 4) is 11.5 Å². The zero-order chi connectivity index (χ0) is 23.9. The van der Waals surface area contributed by atoms with Crippen LogP contribution in [0.2, 0.25) is 0 Å². The highest BCUT2D eigenvalue weighted by Crippen LogP contribution is 2.31. The second kappa shape index (κ2) is 11.2. The summed E-state index contributed by atoms with van der Waals surface area (Å²) in [6, 6.07) is 10.2. The van der Waals surface area contributed by atoms with Gasteiger partial charge in [0, 0.05) is 39.3 Å². The molecule has 0 amide bonds. The molecule has 0 saturated carbocycles. The van der Waals surface area contributed by atoms with Crippen molar-refractivity contribution in [2.75, 3.05) is 52.5 Å². The summed E-state index contributed by atoms with van der Waals surface area (Å²) in [7, 11) is -5.35. The van der Waals surface area contributed by atoms with Gasteiger partial charge in [0.25, 0.3) is 9.84 Å². The van der Waals surface area contributed by atoms with Crippen LogP contribution in [0.25, 0.3) is 0 Å². The molecule has 0 aromatic heterocycles. The fourth-order valence-corrected chi connectivity index (χ4v) is 4.15. The number of benzene rings is 2. The fraction of sp³-hybridized carbons (Fsp3) is 0.455. The molecule has 33 heavy (non-hydrogen) atoms. The van der Waals surface area contributed by atoms with E-state index in [2.05, 4.69) is 9.80 Å². The van der Waals surface area contributed by atoms with Crippen molar-refractivity contribution in [3.63, 3.8) is 0 Å². The summed E-state index contributed by atoms with van der Waals surface area (Å²) in [5, 5.41) is 0. The highest BCUT2D eigenvalue weighted by atomic mass is 32.2.